The lowest BCUT2D eigenvalue weighted by atomic mass is 9.33. The number of ether oxygens (including phenoxy) is 9. The normalized spacial score (nSPS) is 52.1. The van der Waals surface area contributed by atoms with Crippen LogP contribution in [-0.2, 0) is 57.0 Å². The zero-order valence-electron chi connectivity index (χ0n) is 48.8. The molecule has 9 rings (SSSR count). The first-order valence-corrected chi connectivity index (χ1v) is 29.4. The van der Waals surface area contributed by atoms with Crippen LogP contribution in [0.15, 0.2) is 23.3 Å². The van der Waals surface area contributed by atoms with E-state index in [-0.39, 0.29) is 30.1 Å². The molecular weight excluding hydrogens is 1110 g/mol. The molecule has 0 aromatic rings. The predicted octanol–water partition coefficient (Wildman–Crippen LogP) is -2.19. The van der Waals surface area contributed by atoms with Gasteiger partial charge >= 0.3 is 11.9 Å². The third-order valence-corrected chi connectivity index (χ3v) is 22.1. The molecule has 4 saturated carbocycles. The molecule has 4 saturated heterocycles. The molecule has 8 fully saturated rings. The molecule has 4 heterocycles. The van der Waals surface area contributed by atoms with Gasteiger partial charge in [0.05, 0.1) is 49.5 Å². The highest BCUT2D eigenvalue weighted by Crippen LogP contribution is 2.76. The fourth-order valence-electron chi connectivity index (χ4n) is 16.9. The maximum Gasteiger partial charge on any atom is 0.335 e. The summed E-state index contributed by atoms with van der Waals surface area (Å²) in [5, 5.41) is 154. The number of esters is 1. The first kappa shape index (κ1) is 65.7. The van der Waals surface area contributed by atoms with E-state index in [0.717, 1.165) is 11.9 Å². The lowest BCUT2D eigenvalue weighted by Gasteiger charge is -2.72. The van der Waals surface area contributed by atoms with Crippen molar-refractivity contribution in [2.45, 2.75) is 242 Å². The van der Waals surface area contributed by atoms with Crippen LogP contribution in [0.3, 0.4) is 0 Å². The summed E-state index contributed by atoms with van der Waals surface area (Å²) in [6.07, 6.45) is -32.0. The van der Waals surface area contributed by atoms with Gasteiger partial charge in [0.15, 0.2) is 31.3 Å². The van der Waals surface area contributed by atoms with Crippen LogP contribution >= 0.6 is 0 Å². The molecule has 26 nitrogen and oxygen atoms in total. The van der Waals surface area contributed by atoms with E-state index in [0.29, 0.717) is 44.1 Å². The molecule has 4 aliphatic heterocycles. The smallest absolute Gasteiger partial charge is 0.335 e. The Bertz CT molecular complexity index is 2440. The van der Waals surface area contributed by atoms with Gasteiger partial charge in [-0.3, -0.25) is 0 Å². The molecular formula is C58H90O26. The molecule has 0 spiro atoms. The zero-order valence-corrected chi connectivity index (χ0v) is 48.8. The fourth-order valence-corrected chi connectivity index (χ4v) is 16.9. The molecule has 0 bridgehead atoms. The second-order valence-corrected chi connectivity index (χ2v) is 27.1. The van der Waals surface area contributed by atoms with Gasteiger partial charge in [-0.2, -0.15) is 0 Å². The minimum Gasteiger partial charge on any atom is -0.479 e. The van der Waals surface area contributed by atoms with E-state index >= 15 is 0 Å². The SMILES string of the molecule is C/C=C(/C)C(=O)O[C@H]1CC(C)(C)C[C@H]2C3=CC[C@@H]4[C@@]5(C)CC[C@H](O[C@@H]6O[C@H](C(=O)O)[C@@H](O)[C@H](O[C@@H]7OC[C@H](O)[C@H](O)[C@H]7O[C@@H]7O[C@H](CO)[C@@H](O)[C@H](O)[C@@H]7O)[C@H]6O[C@@H]6O[C@H](CO)[C@H](O)[C@H](O)[C@H]6O)[C@@](C)(C=O)[C@@H]5CC[C@@]4(C)[C@]3(C)C[C@@H](O)[C@@]12CO. The van der Waals surface area contributed by atoms with Gasteiger partial charge in [0.1, 0.15) is 97.8 Å². The number of hydrogen-bond acceptors (Lipinski definition) is 25. The Morgan fingerprint density at radius 3 is 1.81 bits per heavy atom. The molecule has 84 heavy (non-hydrogen) atoms. The molecule has 26 heteroatoms. The van der Waals surface area contributed by atoms with Crippen LogP contribution in [-0.4, -0.2) is 251 Å². The number of aliphatic carboxylic acids is 1. The van der Waals surface area contributed by atoms with E-state index in [1.807, 2.05) is 0 Å². The van der Waals surface area contributed by atoms with Crippen LogP contribution in [0.2, 0.25) is 0 Å². The Morgan fingerprint density at radius 1 is 0.655 bits per heavy atom. The maximum atomic E-state index is 14.2. The molecule has 9 aliphatic rings. The van der Waals surface area contributed by atoms with Gasteiger partial charge in [0.2, 0.25) is 0 Å². The molecule has 5 aliphatic carbocycles. The molecule has 0 aromatic heterocycles. The Labute approximate surface area is 487 Å². The van der Waals surface area contributed by atoms with Crippen molar-refractivity contribution in [1.29, 1.82) is 0 Å². The molecule has 478 valence electrons. The highest BCUT2D eigenvalue weighted by molar-refractivity contribution is 5.87. The number of carbonyl (C=O) groups excluding carboxylic acids is 2. The lowest BCUT2D eigenvalue weighted by Crippen LogP contribution is -2.70. The van der Waals surface area contributed by atoms with Gasteiger partial charge in [-0.15, -0.1) is 0 Å². The maximum absolute atomic E-state index is 14.2. The van der Waals surface area contributed by atoms with Crippen LogP contribution in [0, 0.1) is 50.2 Å². The second kappa shape index (κ2) is 24.2. The number of rotatable bonds is 15. The summed E-state index contributed by atoms with van der Waals surface area (Å²) in [6.45, 7) is 13.1. The van der Waals surface area contributed by atoms with Gasteiger partial charge < -0.3 is 119 Å². The summed E-state index contributed by atoms with van der Waals surface area (Å²) < 4.78 is 54.6. The minimum atomic E-state index is -2.30. The minimum absolute atomic E-state index is 0.103. The highest BCUT2D eigenvalue weighted by atomic mass is 16.8. The topological polar surface area (TPSA) is 418 Å². The number of aliphatic hydroxyl groups excluding tert-OH is 13. The van der Waals surface area contributed by atoms with Crippen LogP contribution < -0.4 is 0 Å². The van der Waals surface area contributed by atoms with E-state index in [4.69, 9.17) is 42.6 Å². The van der Waals surface area contributed by atoms with E-state index in [9.17, 15) is 85.9 Å². The summed E-state index contributed by atoms with van der Waals surface area (Å²) in [5.41, 5.74) is -3.14. The third kappa shape index (κ3) is 10.7. The third-order valence-electron chi connectivity index (χ3n) is 22.1. The number of carboxylic acid groups (broad SMARTS) is 1. The molecule has 0 amide bonds. The number of carboxylic acids is 1. The van der Waals surface area contributed by atoms with Crippen molar-refractivity contribution in [3.05, 3.63) is 23.3 Å². The number of allylic oxidation sites excluding steroid dienone is 3. The fraction of sp³-hybridized carbons (Fsp3) is 0.879. The van der Waals surface area contributed by atoms with Crippen molar-refractivity contribution in [3.8, 4) is 0 Å². The van der Waals surface area contributed by atoms with Crippen LogP contribution in [0.4, 0.5) is 0 Å². The Morgan fingerprint density at radius 2 is 1.25 bits per heavy atom. The quantitative estimate of drug-likeness (QED) is 0.0272. The summed E-state index contributed by atoms with van der Waals surface area (Å²) in [5.74, 6) is -3.15. The van der Waals surface area contributed by atoms with Gasteiger partial charge in [-0.25, -0.2) is 9.59 Å². The average molecular weight is 1200 g/mol. The van der Waals surface area contributed by atoms with Gasteiger partial charge in [0, 0.05) is 5.57 Å². The number of aldehydes is 1. The average Bonchev–Trinajstić information content (AvgIpc) is 0.764. The second-order valence-electron chi connectivity index (χ2n) is 27.1. The summed E-state index contributed by atoms with van der Waals surface area (Å²) in [7, 11) is 0. The summed E-state index contributed by atoms with van der Waals surface area (Å²) in [6, 6.07) is 0. The summed E-state index contributed by atoms with van der Waals surface area (Å²) in [4.78, 5) is 40.7. The van der Waals surface area contributed by atoms with E-state index < -0.39 is 206 Å². The standard InChI is InChI=1S/C58H90O26/c1-9-24(2)48(75)79-34-18-53(3,4)16-26-25-10-11-31-54(5)14-13-33(55(6,22-61)30(54)12-15-56(31,7)57(25,8)17-32(64)58(26,34)23-62)80-52-46(84-50-41(71)39(69)37(67)29(20-60)78-50)43(42(72)44(82-52)47(73)74)81-51-45(35(65)27(63)21-76-51)83-49-40(70)38(68)36(66)28(19-59)77-49/h9-10,22,26-46,49-52,59-60,62-72H,11-21,23H2,1-8H3,(H,73,74)/b24-9-/t26-,27-,28+,29+,30+,31+,32+,33-,34-,35-,36+,37-,38-,39-,40-,41+,42-,43-,44-,45+,46+,49-,50-,51-,52+,54-,55-,56+,57+,58-/m0/s1. The molecule has 0 aromatic carbocycles. The van der Waals surface area contributed by atoms with Crippen LogP contribution in [0.5, 0.6) is 0 Å². The first-order valence-electron chi connectivity index (χ1n) is 29.4. The monoisotopic (exact) mass is 1200 g/mol. The van der Waals surface area contributed by atoms with Crippen molar-refractivity contribution in [2.24, 2.45) is 50.2 Å². The van der Waals surface area contributed by atoms with E-state index in [1.165, 1.54) is 0 Å². The number of carbonyl (C=O) groups is 3. The Kier molecular flexibility index (Phi) is 18.9. The van der Waals surface area contributed by atoms with Crippen LogP contribution in [0.25, 0.3) is 0 Å². The van der Waals surface area contributed by atoms with Gasteiger partial charge in [-0.1, -0.05) is 59.3 Å². The van der Waals surface area contributed by atoms with Crippen molar-refractivity contribution < 1.29 is 129 Å². The largest absolute Gasteiger partial charge is 0.479 e. The van der Waals surface area contributed by atoms with Gasteiger partial charge in [-0.05, 0) is 105 Å². The molecule has 0 radical (unpaired) electrons. The highest BCUT2D eigenvalue weighted by Gasteiger charge is 2.73. The first-order chi connectivity index (χ1) is 39.4. The van der Waals surface area contributed by atoms with E-state index in [2.05, 4.69) is 40.7 Å². The van der Waals surface area contributed by atoms with Crippen molar-refractivity contribution in [3.63, 3.8) is 0 Å². The number of aliphatic hydroxyl groups is 13. The van der Waals surface area contributed by atoms with Gasteiger partial charge in [0.25, 0.3) is 0 Å². The van der Waals surface area contributed by atoms with Crippen molar-refractivity contribution in [2.75, 3.05) is 26.4 Å². The predicted molar refractivity (Wildman–Crippen MR) is 284 cm³/mol. The van der Waals surface area contributed by atoms with Crippen molar-refractivity contribution in [1.82, 2.24) is 0 Å². The molecule has 30 atom stereocenters. The Balaban J connectivity index is 1.05. The Hall–Kier alpha value is -2.75. The zero-order chi connectivity index (χ0) is 61.7. The lowest BCUT2D eigenvalue weighted by molar-refractivity contribution is -0.400. The molecule has 0 unspecified atom stereocenters. The van der Waals surface area contributed by atoms with Crippen molar-refractivity contribution >= 4 is 18.2 Å². The van der Waals surface area contributed by atoms with Crippen LogP contribution in [0.1, 0.15) is 107 Å². The number of fused-ring (bicyclic) bond motifs is 7. The number of hydrogen-bond donors (Lipinski definition) is 14. The van der Waals surface area contributed by atoms with E-state index in [1.54, 1.807) is 26.8 Å². The molecule has 14 N–H and O–H groups in total. The summed E-state index contributed by atoms with van der Waals surface area (Å²) >= 11 is 0.